The Balaban J connectivity index is 1.47. The molecule has 94 valence electrons. The summed E-state index contributed by atoms with van der Waals surface area (Å²) in [7, 11) is 0. The van der Waals surface area contributed by atoms with Crippen molar-refractivity contribution in [2.75, 3.05) is 33.0 Å². The van der Waals surface area contributed by atoms with Gasteiger partial charge in [0.2, 0.25) is 0 Å². The van der Waals surface area contributed by atoms with Crippen molar-refractivity contribution in [1.29, 1.82) is 0 Å². The molecule has 2 saturated heterocycles. The van der Waals surface area contributed by atoms with E-state index in [2.05, 4.69) is 0 Å². The van der Waals surface area contributed by atoms with Crippen molar-refractivity contribution in [3.05, 3.63) is 0 Å². The van der Waals surface area contributed by atoms with E-state index in [-0.39, 0.29) is 12.4 Å². The molecule has 2 aliphatic rings. The smallest absolute Gasteiger partial charge is 0.157 e. The van der Waals surface area contributed by atoms with Gasteiger partial charge in [-0.2, -0.15) is 0 Å². The van der Waals surface area contributed by atoms with Crippen LogP contribution in [0.25, 0.3) is 0 Å². The van der Waals surface area contributed by atoms with Crippen molar-refractivity contribution in [2.45, 2.75) is 44.5 Å². The van der Waals surface area contributed by atoms with Gasteiger partial charge in [-0.05, 0) is 32.1 Å². The van der Waals surface area contributed by atoms with Gasteiger partial charge in [0.25, 0.3) is 0 Å². The highest BCUT2D eigenvalue weighted by Gasteiger charge is 2.16. The van der Waals surface area contributed by atoms with E-state index in [1.807, 2.05) is 0 Å². The maximum atomic E-state index is 5.67. The SMILES string of the molecule is C1CCC(OCCOC2CCCOC2)OC1. The van der Waals surface area contributed by atoms with Gasteiger partial charge in [0.05, 0.1) is 25.9 Å². The maximum absolute atomic E-state index is 5.67. The third-order valence-electron chi connectivity index (χ3n) is 3.00. The molecule has 2 heterocycles. The zero-order chi connectivity index (χ0) is 11.1. The van der Waals surface area contributed by atoms with Crippen molar-refractivity contribution < 1.29 is 18.9 Å². The van der Waals surface area contributed by atoms with Crippen LogP contribution in [-0.2, 0) is 18.9 Å². The van der Waals surface area contributed by atoms with Crippen LogP contribution in [0.2, 0.25) is 0 Å². The normalized spacial score (nSPS) is 31.5. The molecule has 0 aromatic carbocycles. The molecule has 2 aliphatic heterocycles. The zero-order valence-corrected chi connectivity index (χ0v) is 9.86. The number of hydrogen-bond acceptors (Lipinski definition) is 4. The topological polar surface area (TPSA) is 36.9 Å². The minimum atomic E-state index is -0.0000409. The number of rotatable bonds is 5. The molecule has 0 aromatic heterocycles. The Hall–Kier alpha value is -0.160. The van der Waals surface area contributed by atoms with Crippen LogP contribution in [0.5, 0.6) is 0 Å². The van der Waals surface area contributed by atoms with E-state index in [1.165, 1.54) is 6.42 Å². The first-order valence-corrected chi connectivity index (χ1v) is 6.38. The van der Waals surface area contributed by atoms with Crippen molar-refractivity contribution in [3.63, 3.8) is 0 Å². The lowest BCUT2D eigenvalue weighted by atomic mass is 10.2. The van der Waals surface area contributed by atoms with Crippen LogP contribution in [0.4, 0.5) is 0 Å². The van der Waals surface area contributed by atoms with Crippen molar-refractivity contribution in [2.24, 2.45) is 0 Å². The van der Waals surface area contributed by atoms with Gasteiger partial charge in [0, 0.05) is 13.2 Å². The van der Waals surface area contributed by atoms with Gasteiger partial charge in [-0.25, -0.2) is 0 Å². The van der Waals surface area contributed by atoms with E-state index < -0.39 is 0 Å². The summed E-state index contributed by atoms with van der Waals surface area (Å²) in [6.07, 6.45) is 5.88. The monoisotopic (exact) mass is 230 g/mol. The van der Waals surface area contributed by atoms with E-state index in [0.717, 1.165) is 45.5 Å². The lowest BCUT2D eigenvalue weighted by molar-refractivity contribution is -0.174. The molecule has 4 heteroatoms. The summed E-state index contributed by atoms with van der Waals surface area (Å²) in [5.41, 5.74) is 0. The standard InChI is InChI=1S/C12H22O4/c1-2-7-15-12(5-1)16-9-8-14-11-4-3-6-13-10-11/h11-12H,1-10H2. The molecule has 0 N–H and O–H groups in total. The lowest BCUT2D eigenvalue weighted by Crippen LogP contribution is -2.28. The quantitative estimate of drug-likeness (QED) is 0.674. The Morgan fingerprint density at radius 3 is 2.62 bits per heavy atom. The van der Waals surface area contributed by atoms with Crippen LogP contribution in [0.15, 0.2) is 0 Å². The minimum absolute atomic E-state index is 0.0000409. The Morgan fingerprint density at radius 1 is 0.938 bits per heavy atom. The summed E-state index contributed by atoms with van der Waals surface area (Å²) in [4.78, 5) is 0. The van der Waals surface area contributed by atoms with Crippen LogP contribution in [-0.4, -0.2) is 45.4 Å². The summed E-state index contributed by atoms with van der Waals surface area (Å²) in [6, 6.07) is 0. The van der Waals surface area contributed by atoms with Gasteiger partial charge in [-0.15, -0.1) is 0 Å². The summed E-state index contributed by atoms with van der Waals surface area (Å²) < 4.78 is 22.1. The van der Waals surface area contributed by atoms with Gasteiger partial charge in [0.15, 0.2) is 6.29 Å². The maximum Gasteiger partial charge on any atom is 0.157 e. The fraction of sp³-hybridized carbons (Fsp3) is 1.00. The highest BCUT2D eigenvalue weighted by atomic mass is 16.7. The van der Waals surface area contributed by atoms with Crippen LogP contribution >= 0.6 is 0 Å². The van der Waals surface area contributed by atoms with Gasteiger partial charge in [-0.3, -0.25) is 0 Å². The van der Waals surface area contributed by atoms with E-state index >= 15 is 0 Å². The van der Waals surface area contributed by atoms with E-state index in [0.29, 0.717) is 13.2 Å². The molecule has 0 amide bonds. The molecule has 2 rings (SSSR count). The molecule has 2 fully saturated rings. The molecule has 0 radical (unpaired) electrons. The van der Waals surface area contributed by atoms with Gasteiger partial charge in [-0.1, -0.05) is 0 Å². The first-order chi connectivity index (χ1) is 7.95. The second kappa shape index (κ2) is 7.22. The molecule has 0 saturated carbocycles. The lowest BCUT2D eigenvalue weighted by Gasteiger charge is -2.24. The van der Waals surface area contributed by atoms with E-state index in [4.69, 9.17) is 18.9 Å². The number of ether oxygens (including phenoxy) is 4. The molecule has 0 spiro atoms. The molecule has 2 unspecified atom stereocenters. The third kappa shape index (κ3) is 4.37. The average molecular weight is 230 g/mol. The largest absolute Gasteiger partial charge is 0.379 e. The molecule has 16 heavy (non-hydrogen) atoms. The van der Waals surface area contributed by atoms with Gasteiger partial charge in [0.1, 0.15) is 0 Å². The van der Waals surface area contributed by atoms with Gasteiger partial charge < -0.3 is 18.9 Å². The molecule has 0 aliphatic carbocycles. The molecule has 0 aromatic rings. The predicted octanol–water partition coefficient (Wildman–Crippen LogP) is 1.73. The molecule has 4 nitrogen and oxygen atoms in total. The molecular weight excluding hydrogens is 208 g/mol. The van der Waals surface area contributed by atoms with Crippen molar-refractivity contribution >= 4 is 0 Å². The Labute approximate surface area is 97.2 Å². The number of hydrogen-bond donors (Lipinski definition) is 0. The van der Waals surface area contributed by atoms with Crippen LogP contribution in [0.1, 0.15) is 32.1 Å². The van der Waals surface area contributed by atoms with Crippen LogP contribution in [0.3, 0.4) is 0 Å². The highest BCUT2D eigenvalue weighted by Crippen LogP contribution is 2.14. The first-order valence-electron chi connectivity index (χ1n) is 6.38. The molecule has 2 atom stereocenters. The van der Waals surface area contributed by atoms with Crippen LogP contribution < -0.4 is 0 Å². The first kappa shape index (κ1) is 12.3. The van der Waals surface area contributed by atoms with E-state index in [1.54, 1.807) is 0 Å². The summed E-state index contributed by atoms with van der Waals surface area (Å²) in [5, 5.41) is 0. The minimum Gasteiger partial charge on any atom is -0.379 e. The summed E-state index contributed by atoms with van der Waals surface area (Å²) in [5.74, 6) is 0. The van der Waals surface area contributed by atoms with Gasteiger partial charge >= 0.3 is 0 Å². The zero-order valence-electron chi connectivity index (χ0n) is 9.86. The van der Waals surface area contributed by atoms with Crippen molar-refractivity contribution in [3.8, 4) is 0 Å². The Bertz CT molecular complexity index is 154. The summed E-state index contributed by atoms with van der Waals surface area (Å²) in [6.45, 7) is 3.73. The summed E-state index contributed by atoms with van der Waals surface area (Å²) >= 11 is 0. The Kier molecular flexibility index (Phi) is 5.55. The average Bonchev–Trinajstić information content (AvgIpc) is 2.37. The second-order valence-electron chi connectivity index (χ2n) is 4.38. The highest BCUT2D eigenvalue weighted by molar-refractivity contribution is 4.62. The predicted molar refractivity (Wildman–Crippen MR) is 59.3 cm³/mol. The fourth-order valence-corrected chi connectivity index (χ4v) is 2.08. The molecule has 0 bridgehead atoms. The molecular formula is C12H22O4. The van der Waals surface area contributed by atoms with E-state index in [9.17, 15) is 0 Å². The Morgan fingerprint density at radius 2 is 1.88 bits per heavy atom. The fourth-order valence-electron chi connectivity index (χ4n) is 2.08. The van der Waals surface area contributed by atoms with Crippen LogP contribution in [0, 0.1) is 0 Å². The second-order valence-corrected chi connectivity index (χ2v) is 4.38. The van der Waals surface area contributed by atoms with Crippen molar-refractivity contribution in [1.82, 2.24) is 0 Å². The third-order valence-corrected chi connectivity index (χ3v) is 3.00.